The van der Waals surface area contributed by atoms with E-state index in [1.54, 1.807) is 12.1 Å². The van der Waals surface area contributed by atoms with Crippen molar-refractivity contribution in [3.05, 3.63) is 71.6 Å². The number of halogens is 3. The first kappa shape index (κ1) is 24.1. The first-order chi connectivity index (χ1) is 17.5. The number of amides is 4. The molecule has 7 nitrogen and oxygen atoms in total. The minimum atomic E-state index is -1.98. The minimum absolute atomic E-state index is 0.00508. The molecule has 37 heavy (non-hydrogen) atoms. The number of likely N-dealkylation sites (tertiary alicyclic amines) is 1. The van der Waals surface area contributed by atoms with Crippen LogP contribution in [-0.4, -0.2) is 50.4 Å². The van der Waals surface area contributed by atoms with Gasteiger partial charge in [0.2, 0.25) is 11.8 Å². The lowest BCUT2D eigenvalue weighted by Gasteiger charge is -2.50. The maximum Gasteiger partial charge on any atom is 0.258 e. The molecule has 2 aliphatic heterocycles. The number of benzene rings is 2. The minimum Gasteiger partial charge on any atom is -0.508 e. The summed E-state index contributed by atoms with van der Waals surface area (Å²) in [4.78, 5) is 52.1. The predicted molar refractivity (Wildman–Crippen MR) is 132 cm³/mol. The summed E-state index contributed by atoms with van der Waals surface area (Å²) in [5.41, 5.74) is 1.31. The second-order valence-corrected chi connectivity index (χ2v) is 11.3. The van der Waals surface area contributed by atoms with Gasteiger partial charge in [-0.1, -0.05) is 23.8 Å². The van der Waals surface area contributed by atoms with E-state index in [9.17, 15) is 28.7 Å². The van der Waals surface area contributed by atoms with Crippen LogP contribution >= 0.6 is 23.2 Å². The molecule has 2 heterocycles. The number of phenols is 1. The highest BCUT2D eigenvalue weighted by molar-refractivity contribution is 6.58. The normalized spacial score (nSPS) is 34.9. The number of carbonyl (C=O) groups excluding carboxylic acids is 4. The first-order valence-electron chi connectivity index (χ1n) is 11.8. The van der Waals surface area contributed by atoms with Crippen molar-refractivity contribution < 1.29 is 28.7 Å². The lowest BCUT2D eigenvalue weighted by Crippen LogP contribution is -2.60. The van der Waals surface area contributed by atoms with Crippen molar-refractivity contribution in [2.45, 2.75) is 28.5 Å². The van der Waals surface area contributed by atoms with Gasteiger partial charge in [-0.05, 0) is 60.7 Å². The zero-order valence-corrected chi connectivity index (χ0v) is 21.0. The van der Waals surface area contributed by atoms with Crippen LogP contribution in [0.1, 0.15) is 24.3 Å². The van der Waals surface area contributed by atoms with E-state index in [2.05, 4.69) is 0 Å². The van der Waals surface area contributed by atoms with Gasteiger partial charge >= 0.3 is 0 Å². The zero-order valence-electron chi connectivity index (χ0n) is 19.5. The third kappa shape index (κ3) is 3.00. The second-order valence-electron chi connectivity index (χ2n) is 10.1. The van der Waals surface area contributed by atoms with Gasteiger partial charge in [-0.3, -0.25) is 24.1 Å². The summed E-state index contributed by atoms with van der Waals surface area (Å²) in [5.74, 6) is -5.59. The number of hydrogen-bond acceptors (Lipinski definition) is 5. The largest absolute Gasteiger partial charge is 0.508 e. The molecule has 6 atom stereocenters. The van der Waals surface area contributed by atoms with Crippen LogP contribution in [0.3, 0.4) is 0 Å². The average Bonchev–Trinajstić information content (AvgIpc) is 3.19. The Balaban J connectivity index is 1.57. The number of allylic oxidation sites excluding steroid dienone is 2. The highest BCUT2D eigenvalue weighted by atomic mass is 35.5. The van der Waals surface area contributed by atoms with Crippen LogP contribution in [0.25, 0.3) is 0 Å². The Morgan fingerprint density at radius 1 is 0.919 bits per heavy atom. The summed E-state index contributed by atoms with van der Waals surface area (Å²) >= 11 is 14.4. The van der Waals surface area contributed by atoms with Gasteiger partial charge in [0.05, 0.1) is 17.5 Å². The van der Waals surface area contributed by atoms with E-state index in [-0.39, 0.29) is 36.1 Å². The van der Waals surface area contributed by atoms with Crippen molar-refractivity contribution in [3.63, 3.8) is 0 Å². The van der Waals surface area contributed by atoms with Gasteiger partial charge in [-0.2, -0.15) is 0 Å². The highest BCUT2D eigenvalue weighted by Crippen LogP contribution is 2.65. The van der Waals surface area contributed by atoms with Crippen LogP contribution in [0.15, 0.2) is 60.2 Å². The van der Waals surface area contributed by atoms with Gasteiger partial charge in [0.25, 0.3) is 11.8 Å². The molecule has 2 aromatic rings. The summed E-state index contributed by atoms with van der Waals surface area (Å²) < 4.78 is 13.6. The topological polar surface area (TPSA) is 95.0 Å². The van der Waals surface area contributed by atoms with Crippen molar-refractivity contribution in [3.8, 4) is 5.75 Å². The summed E-state index contributed by atoms with van der Waals surface area (Å²) in [7, 11) is 1.44. The molecule has 0 aromatic heterocycles. The van der Waals surface area contributed by atoms with Crippen LogP contribution < -0.4 is 4.90 Å². The summed E-state index contributed by atoms with van der Waals surface area (Å²) in [6.07, 6.45) is 1.99. The maximum absolute atomic E-state index is 14.1. The summed E-state index contributed by atoms with van der Waals surface area (Å²) in [5, 5.41) is 9.89. The SMILES string of the molecule is CN1C(=O)[C@H]2[C@H](CC=C3[C@H]2C[C@@]2(Cl)C(=O)N(c4ccc(F)cc4)C(=O)[C@@]2(Cl)[C@H]3c2ccc(O)cc2)C1=O. The van der Waals surface area contributed by atoms with Gasteiger partial charge in [0.15, 0.2) is 9.75 Å². The molecule has 10 heteroatoms. The number of nitrogens with zero attached hydrogens (tertiary/aromatic N) is 2. The van der Waals surface area contributed by atoms with Crippen molar-refractivity contribution in [2.75, 3.05) is 11.9 Å². The fourth-order valence-corrected chi connectivity index (χ4v) is 7.53. The van der Waals surface area contributed by atoms with Gasteiger partial charge in [-0.15, -0.1) is 23.2 Å². The molecule has 190 valence electrons. The van der Waals surface area contributed by atoms with E-state index < -0.39 is 51.1 Å². The number of aromatic hydroxyl groups is 1. The van der Waals surface area contributed by atoms with E-state index in [1.165, 1.54) is 31.3 Å². The molecular formula is C27H21Cl2FN2O5. The summed E-state index contributed by atoms with van der Waals surface area (Å²) in [6.45, 7) is 0. The van der Waals surface area contributed by atoms with E-state index in [0.717, 1.165) is 21.9 Å². The van der Waals surface area contributed by atoms with Crippen LogP contribution in [0.4, 0.5) is 10.1 Å². The Bertz CT molecular complexity index is 1410. The quantitative estimate of drug-likeness (QED) is 0.354. The van der Waals surface area contributed by atoms with Gasteiger partial charge < -0.3 is 5.11 Å². The van der Waals surface area contributed by atoms with Crippen molar-refractivity contribution in [1.29, 1.82) is 0 Å². The standard InChI is InChI=1S/C27H21Cl2FN2O5/c1-31-22(34)18-11-10-17-19(20(18)23(31)35)12-26(28)24(36)32(15-6-4-14(30)5-7-15)25(37)27(26,29)21(17)13-2-8-16(33)9-3-13/h2-10,18-21,33H,11-12H2,1H3/t18-,19+,20-,21-,26+,27-/m0/s1. The molecule has 2 aliphatic carbocycles. The predicted octanol–water partition coefficient (Wildman–Crippen LogP) is 3.72. The fraction of sp³-hybridized carbons (Fsp3) is 0.333. The zero-order chi connectivity index (χ0) is 26.4. The van der Waals surface area contributed by atoms with E-state index in [1.807, 2.05) is 6.08 Å². The van der Waals surface area contributed by atoms with Crippen molar-refractivity contribution in [2.24, 2.45) is 17.8 Å². The molecule has 2 aromatic carbocycles. The molecule has 4 aliphatic rings. The van der Waals surface area contributed by atoms with E-state index in [0.29, 0.717) is 11.1 Å². The second kappa shape index (κ2) is 7.88. The molecule has 0 bridgehead atoms. The Morgan fingerprint density at radius 3 is 2.22 bits per heavy atom. The molecule has 0 unspecified atom stereocenters. The fourth-order valence-electron chi connectivity index (χ4n) is 6.60. The molecule has 3 fully saturated rings. The lowest BCUT2D eigenvalue weighted by molar-refractivity contribution is -0.138. The van der Waals surface area contributed by atoms with Crippen LogP contribution in [0.5, 0.6) is 5.75 Å². The van der Waals surface area contributed by atoms with Crippen molar-refractivity contribution >= 4 is 52.5 Å². The maximum atomic E-state index is 14.1. The molecule has 0 radical (unpaired) electrons. The van der Waals surface area contributed by atoms with E-state index >= 15 is 0 Å². The van der Waals surface area contributed by atoms with Gasteiger partial charge in [0.1, 0.15) is 11.6 Å². The molecule has 4 amide bonds. The third-order valence-electron chi connectivity index (χ3n) is 8.34. The molecular weight excluding hydrogens is 522 g/mol. The average molecular weight is 543 g/mol. The van der Waals surface area contributed by atoms with Gasteiger partial charge in [-0.25, -0.2) is 9.29 Å². The molecule has 1 saturated carbocycles. The number of hydrogen-bond donors (Lipinski definition) is 1. The number of phenolic OH excluding ortho intramolecular Hbond substituents is 1. The molecule has 6 rings (SSSR count). The number of rotatable bonds is 2. The first-order valence-corrected chi connectivity index (χ1v) is 12.6. The highest BCUT2D eigenvalue weighted by Gasteiger charge is 2.76. The number of fused-ring (bicyclic) bond motifs is 4. The number of anilines is 1. The van der Waals surface area contributed by atoms with Crippen LogP contribution in [-0.2, 0) is 19.2 Å². The van der Waals surface area contributed by atoms with Crippen molar-refractivity contribution in [1.82, 2.24) is 4.90 Å². The molecule has 1 N–H and O–H groups in total. The smallest absolute Gasteiger partial charge is 0.258 e. The van der Waals surface area contributed by atoms with Crippen LogP contribution in [0, 0.1) is 23.6 Å². The Hall–Kier alpha value is -3.23. The third-order valence-corrected chi connectivity index (χ3v) is 9.76. The number of carbonyl (C=O) groups is 4. The Labute approximate surface area is 221 Å². The Morgan fingerprint density at radius 2 is 1.57 bits per heavy atom. The number of imide groups is 2. The van der Waals surface area contributed by atoms with E-state index in [4.69, 9.17) is 23.2 Å². The molecule has 0 spiro atoms. The lowest BCUT2D eigenvalue weighted by atomic mass is 9.56. The van der Waals surface area contributed by atoms with Gasteiger partial charge in [0, 0.05) is 13.0 Å². The Kier molecular flexibility index (Phi) is 5.14. The monoisotopic (exact) mass is 542 g/mol. The number of alkyl halides is 2. The summed E-state index contributed by atoms with van der Waals surface area (Å²) in [6, 6.07) is 10.9. The van der Waals surface area contributed by atoms with Crippen LogP contribution in [0.2, 0.25) is 0 Å². The molecule has 2 saturated heterocycles.